The highest BCUT2D eigenvalue weighted by Gasteiger charge is 2.05. The first-order chi connectivity index (χ1) is 8.12. The Kier molecular flexibility index (Phi) is 17.0. The van der Waals surface area contributed by atoms with E-state index >= 15 is 0 Å². The Bertz CT molecular complexity index is 155. The fourth-order valence-corrected chi connectivity index (χ4v) is 1.10. The predicted octanol–water partition coefficient (Wildman–Crippen LogP) is 1.84. The van der Waals surface area contributed by atoms with Gasteiger partial charge in [-0.15, -0.1) is 0 Å². The Morgan fingerprint density at radius 1 is 1.35 bits per heavy atom. The van der Waals surface area contributed by atoms with Crippen LogP contribution in [0.1, 0.15) is 59.3 Å². The summed E-state index contributed by atoms with van der Waals surface area (Å²) in [6.45, 7) is 7.10. The zero-order chi connectivity index (χ0) is 13.5. The molecule has 17 heavy (non-hydrogen) atoms. The van der Waals surface area contributed by atoms with E-state index in [0.717, 1.165) is 38.6 Å². The summed E-state index contributed by atoms with van der Waals surface area (Å²) in [5.41, 5.74) is 0. The van der Waals surface area contributed by atoms with Crippen molar-refractivity contribution in [3.8, 4) is 0 Å². The van der Waals surface area contributed by atoms with Gasteiger partial charge in [-0.25, -0.2) is 0 Å². The zero-order valence-corrected chi connectivity index (χ0v) is 11.5. The van der Waals surface area contributed by atoms with E-state index in [1.54, 1.807) is 0 Å². The molecule has 4 heteroatoms. The van der Waals surface area contributed by atoms with Gasteiger partial charge in [0.05, 0.1) is 12.7 Å². The van der Waals surface area contributed by atoms with Gasteiger partial charge in [-0.2, -0.15) is 0 Å². The van der Waals surface area contributed by atoms with E-state index in [0.29, 0.717) is 0 Å². The molecule has 0 saturated carbocycles. The lowest BCUT2D eigenvalue weighted by Gasteiger charge is -2.02. The van der Waals surface area contributed by atoms with Crippen molar-refractivity contribution in [3.63, 3.8) is 0 Å². The van der Waals surface area contributed by atoms with Crippen LogP contribution in [0.25, 0.3) is 0 Å². The Morgan fingerprint density at radius 3 is 2.18 bits per heavy atom. The first kappa shape index (κ1) is 18.7. The fraction of sp³-hybridized carbons (Fsp3) is 0.923. The van der Waals surface area contributed by atoms with E-state index in [4.69, 9.17) is 10.2 Å². The summed E-state index contributed by atoms with van der Waals surface area (Å²) in [5, 5.41) is 19.7. The average molecular weight is 247 g/mol. The van der Waals surface area contributed by atoms with Gasteiger partial charge in [-0.3, -0.25) is 4.79 Å². The van der Waals surface area contributed by atoms with Gasteiger partial charge in [0.1, 0.15) is 0 Å². The summed E-state index contributed by atoms with van der Waals surface area (Å²) >= 11 is 0. The number of hydrogen-bond acceptors (Lipinski definition) is 3. The molecule has 1 heterocycles. The van der Waals surface area contributed by atoms with Gasteiger partial charge >= 0.3 is 0 Å². The van der Waals surface area contributed by atoms with Crippen LogP contribution in [-0.2, 0) is 4.79 Å². The number of rotatable bonds is 4. The van der Waals surface area contributed by atoms with Gasteiger partial charge in [-0.1, -0.05) is 40.0 Å². The lowest BCUT2D eigenvalue weighted by molar-refractivity contribution is -0.119. The summed E-state index contributed by atoms with van der Waals surface area (Å²) in [6, 6.07) is 0. The molecule has 1 saturated heterocycles. The molecule has 3 N–H and O–H groups in total. The Balaban J connectivity index is 0. The van der Waals surface area contributed by atoms with E-state index in [1.807, 2.05) is 0 Å². The van der Waals surface area contributed by atoms with E-state index in [1.165, 1.54) is 6.42 Å². The first-order valence-corrected chi connectivity index (χ1v) is 6.67. The third-order valence-corrected chi connectivity index (χ3v) is 2.00. The molecule has 0 aromatic rings. The second kappa shape index (κ2) is 15.4. The Hall–Kier alpha value is -0.610. The third-order valence-electron chi connectivity index (χ3n) is 2.00. The average Bonchev–Trinajstić information content (AvgIpc) is 2.79. The van der Waals surface area contributed by atoms with E-state index in [9.17, 15) is 4.79 Å². The monoisotopic (exact) mass is 247 g/mol. The molecular weight excluding hydrogens is 218 g/mol. The minimum absolute atomic E-state index is 0.0972. The fourth-order valence-electron chi connectivity index (χ4n) is 1.10. The molecule has 1 atom stereocenters. The molecule has 0 radical (unpaired) electrons. The standard InChI is InChI=1S/C6H14O2.C4H7NO.C3H8/c1-2-3-4-6(8)5-7;6-4-2-1-3-5-4;1-3-2/h6-8H,2-5H2,1H3;1-3H2,(H,5,6);3H2,1-2H3. The maximum absolute atomic E-state index is 10.1. The lowest BCUT2D eigenvalue weighted by Crippen LogP contribution is -2.12. The quantitative estimate of drug-likeness (QED) is 0.710. The molecule has 1 aliphatic rings. The highest BCUT2D eigenvalue weighted by atomic mass is 16.3. The second-order valence-corrected chi connectivity index (χ2v) is 4.14. The smallest absolute Gasteiger partial charge is 0.220 e. The van der Waals surface area contributed by atoms with Crippen molar-refractivity contribution < 1.29 is 15.0 Å². The molecule has 1 unspecified atom stereocenters. The third kappa shape index (κ3) is 18.0. The minimum Gasteiger partial charge on any atom is -0.394 e. The normalized spacial score (nSPS) is 15.0. The summed E-state index contributed by atoms with van der Waals surface area (Å²) in [7, 11) is 0. The van der Waals surface area contributed by atoms with Crippen molar-refractivity contribution in [2.24, 2.45) is 0 Å². The van der Waals surface area contributed by atoms with E-state index in [2.05, 4.69) is 26.1 Å². The first-order valence-electron chi connectivity index (χ1n) is 6.67. The highest BCUT2D eigenvalue weighted by Crippen LogP contribution is 1.97. The number of aliphatic hydroxyl groups is 2. The van der Waals surface area contributed by atoms with Crippen LogP contribution < -0.4 is 5.32 Å². The van der Waals surface area contributed by atoms with Crippen LogP contribution in [0, 0.1) is 0 Å². The van der Waals surface area contributed by atoms with Gasteiger partial charge in [0.25, 0.3) is 0 Å². The SMILES string of the molecule is CCC.CCCCC(O)CO.O=C1CCCN1. The topological polar surface area (TPSA) is 69.6 Å². The molecule has 0 aromatic carbocycles. The van der Waals surface area contributed by atoms with Gasteiger partial charge in [0, 0.05) is 13.0 Å². The Labute approximate surface area is 105 Å². The van der Waals surface area contributed by atoms with E-state index in [-0.39, 0.29) is 12.5 Å². The summed E-state index contributed by atoms with van der Waals surface area (Å²) < 4.78 is 0. The summed E-state index contributed by atoms with van der Waals surface area (Å²) in [6.07, 6.45) is 5.33. The van der Waals surface area contributed by atoms with Crippen molar-refractivity contribution in [2.45, 2.75) is 65.4 Å². The van der Waals surface area contributed by atoms with Crippen molar-refractivity contribution in [2.75, 3.05) is 13.2 Å². The zero-order valence-electron chi connectivity index (χ0n) is 11.5. The molecule has 0 spiro atoms. The molecular formula is C13H29NO3. The maximum atomic E-state index is 10.1. The Morgan fingerprint density at radius 2 is 1.94 bits per heavy atom. The van der Waals surface area contributed by atoms with Crippen LogP contribution in [0.5, 0.6) is 0 Å². The predicted molar refractivity (Wildman–Crippen MR) is 70.8 cm³/mol. The minimum atomic E-state index is -0.491. The number of nitrogens with one attached hydrogen (secondary N) is 1. The molecule has 1 fully saturated rings. The number of unbranched alkanes of at least 4 members (excludes halogenated alkanes) is 1. The number of carbonyl (C=O) groups is 1. The number of amides is 1. The molecule has 0 aliphatic carbocycles. The molecule has 1 aliphatic heterocycles. The highest BCUT2D eigenvalue weighted by molar-refractivity contribution is 5.77. The van der Waals surface area contributed by atoms with Gasteiger partial charge < -0.3 is 15.5 Å². The van der Waals surface area contributed by atoms with Crippen LogP contribution in [0.4, 0.5) is 0 Å². The van der Waals surface area contributed by atoms with Gasteiger partial charge in [0.2, 0.25) is 5.91 Å². The molecule has 0 aromatic heterocycles. The molecule has 1 rings (SSSR count). The van der Waals surface area contributed by atoms with Crippen LogP contribution in [0.15, 0.2) is 0 Å². The number of carbonyl (C=O) groups excluding carboxylic acids is 1. The van der Waals surface area contributed by atoms with Crippen molar-refractivity contribution in [3.05, 3.63) is 0 Å². The van der Waals surface area contributed by atoms with E-state index < -0.39 is 6.10 Å². The van der Waals surface area contributed by atoms with Crippen molar-refractivity contribution in [1.29, 1.82) is 0 Å². The molecule has 1 amide bonds. The summed E-state index contributed by atoms with van der Waals surface area (Å²) in [5.74, 6) is 0.204. The number of hydrogen-bond donors (Lipinski definition) is 3. The lowest BCUT2D eigenvalue weighted by atomic mass is 10.2. The molecule has 104 valence electrons. The van der Waals surface area contributed by atoms with Crippen LogP contribution in [0.3, 0.4) is 0 Å². The van der Waals surface area contributed by atoms with Crippen LogP contribution in [0.2, 0.25) is 0 Å². The molecule has 4 nitrogen and oxygen atoms in total. The van der Waals surface area contributed by atoms with Gasteiger partial charge in [0.15, 0.2) is 0 Å². The van der Waals surface area contributed by atoms with Crippen molar-refractivity contribution >= 4 is 5.91 Å². The second-order valence-electron chi connectivity index (χ2n) is 4.14. The van der Waals surface area contributed by atoms with Crippen LogP contribution in [-0.4, -0.2) is 35.4 Å². The van der Waals surface area contributed by atoms with Crippen molar-refractivity contribution in [1.82, 2.24) is 5.32 Å². The van der Waals surface area contributed by atoms with Gasteiger partial charge in [-0.05, 0) is 12.8 Å². The summed E-state index contributed by atoms with van der Waals surface area (Å²) in [4.78, 5) is 10.1. The maximum Gasteiger partial charge on any atom is 0.220 e. The number of aliphatic hydroxyl groups excluding tert-OH is 2. The molecule has 0 bridgehead atoms. The largest absolute Gasteiger partial charge is 0.394 e. The van der Waals surface area contributed by atoms with Crippen LogP contribution >= 0.6 is 0 Å².